The van der Waals surface area contributed by atoms with Crippen molar-refractivity contribution in [1.82, 2.24) is 0 Å². The number of carbonyl (C=O) groups excluding carboxylic acids is 1. The van der Waals surface area contributed by atoms with E-state index in [4.69, 9.17) is 4.74 Å². The van der Waals surface area contributed by atoms with Crippen LogP contribution in [0.2, 0.25) is 0 Å². The van der Waals surface area contributed by atoms with E-state index >= 15 is 0 Å². The Morgan fingerprint density at radius 2 is 1.46 bits per heavy atom. The van der Waals surface area contributed by atoms with Gasteiger partial charge >= 0.3 is 5.97 Å². The summed E-state index contributed by atoms with van der Waals surface area (Å²) < 4.78 is 75.6. The van der Waals surface area contributed by atoms with Gasteiger partial charge in [-0.3, -0.25) is 4.79 Å². The fourth-order valence-corrected chi connectivity index (χ4v) is 1.99. The van der Waals surface area contributed by atoms with Gasteiger partial charge in [0.1, 0.15) is 12.4 Å². The molecule has 0 amide bonds. The zero-order valence-electron chi connectivity index (χ0n) is 12.3. The molecular weight excluding hydrogens is 335 g/mol. The van der Waals surface area contributed by atoms with Gasteiger partial charge in [-0.15, -0.1) is 0 Å². The average molecular weight is 346 g/mol. The van der Waals surface area contributed by atoms with Gasteiger partial charge in [-0.05, 0) is 6.07 Å². The van der Waals surface area contributed by atoms with Crippen molar-refractivity contribution in [1.29, 1.82) is 0 Å². The van der Waals surface area contributed by atoms with Gasteiger partial charge in [0.15, 0.2) is 23.3 Å². The van der Waals surface area contributed by atoms with Crippen molar-refractivity contribution < 1.29 is 36.2 Å². The second kappa shape index (κ2) is 7.29. The molecule has 0 aliphatic heterocycles. The zero-order valence-corrected chi connectivity index (χ0v) is 12.3. The zero-order chi connectivity index (χ0) is 17.9. The average Bonchev–Trinajstić information content (AvgIpc) is 2.58. The molecule has 0 aliphatic rings. The molecule has 0 atom stereocenters. The van der Waals surface area contributed by atoms with E-state index in [2.05, 4.69) is 4.74 Å². The number of ether oxygens (including phenoxy) is 2. The summed E-state index contributed by atoms with van der Waals surface area (Å²) in [7, 11) is 1.39. The number of methoxy groups -OCH3 is 1. The molecule has 0 saturated heterocycles. The quantitative estimate of drug-likeness (QED) is 0.359. The van der Waals surface area contributed by atoms with Crippen molar-refractivity contribution in [3.05, 3.63) is 64.5 Å². The Hall–Kier alpha value is -2.64. The van der Waals surface area contributed by atoms with Gasteiger partial charge < -0.3 is 9.47 Å². The highest BCUT2D eigenvalue weighted by Crippen LogP contribution is 2.24. The number of rotatable bonds is 5. The van der Waals surface area contributed by atoms with E-state index in [1.54, 1.807) is 24.3 Å². The Morgan fingerprint density at radius 3 is 2.04 bits per heavy atom. The van der Waals surface area contributed by atoms with Crippen LogP contribution in [0.25, 0.3) is 0 Å². The molecule has 0 spiro atoms. The van der Waals surface area contributed by atoms with Gasteiger partial charge in [-0.2, -0.15) is 0 Å². The van der Waals surface area contributed by atoms with Crippen LogP contribution in [0.15, 0.2) is 24.3 Å². The second-order valence-electron chi connectivity index (χ2n) is 4.70. The molecular formula is C16H11F5O3. The minimum absolute atomic E-state index is 0.292. The lowest BCUT2D eigenvalue weighted by Crippen LogP contribution is -2.13. The van der Waals surface area contributed by atoms with Gasteiger partial charge in [0.2, 0.25) is 5.82 Å². The first-order valence-electron chi connectivity index (χ1n) is 6.64. The molecule has 0 saturated carbocycles. The molecule has 8 heteroatoms. The maximum Gasteiger partial charge on any atom is 0.310 e. The molecule has 2 aromatic carbocycles. The lowest BCUT2D eigenvalue weighted by Gasteiger charge is -2.10. The highest BCUT2D eigenvalue weighted by atomic mass is 19.2. The second-order valence-corrected chi connectivity index (χ2v) is 4.70. The van der Waals surface area contributed by atoms with E-state index in [1.807, 2.05) is 0 Å². The highest BCUT2D eigenvalue weighted by molar-refractivity contribution is 5.73. The van der Waals surface area contributed by atoms with E-state index in [-0.39, 0.29) is 6.42 Å². The summed E-state index contributed by atoms with van der Waals surface area (Å²) in [4.78, 5) is 11.7. The molecule has 2 rings (SSSR count). The molecule has 24 heavy (non-hydrogen) atoms. The third kappa shape index (κ3) is 3.47. The molecule has 0 fully saturated rings. The minimum atomic E-state index is -2.27. The first-order valence-corrected chi connectivity index (χ1v) is 6.64. The van der Waals surface area contributed by atoms with Crippen molar-refractivity contribution in [2.75, 3.05) is 7.11 Å². The van der Waals surface area contributed by atoms with Crippen molar-refractivity contribution in [2.45, 2.75) is 13.0 Å². The van der Waals surface area contributed by atoms with Crippen molar-refractivity contribution in [3.8, 4) is 5.75 Å². The molecule has 0 aromatic heterocycles. The number of halogens is 5. The van der Waals surface area contributed by atoms with E-state index in [9.17, 15) is 26.7 Å². The molecule has 0 bridgehead atoms. The van der Waals surface area contributed by atoms with Gasteiger partial charge in [0.05, 0.1) is 19.1 Å². The minimum Gasteiger partial charge on any atom is -0.496 e. The number of hydrogen-bond acceptors (Lipinski definition) is 3. The van der Waals surface area contributed by atoms with Gasteiger partial charge in [-0.25, -0.2) is 22.0 Å². The number of para-hydroxylation sites is 1. The maximum atomic E-state index is 13.5. The fraction of sp³-hybridized carbons (Fsp3) is 0.188. The standard InChI is InChI=1S/C16H11F5O3/c1-23-10-5-3-2-4-8(10)6-11(22)24-7-9-12(17)14(19)16(21)15(20)13(9)18/h2-5H,6-7H2,1H3. The van der Waals surface area contributed by atoms with Crippen LogP contribution in [0.5, 0.6) is 5.75 Å². The summed E-state index contributed by atoms with van der Waals surface area (Å²) in [5.41, 5.74) is -0.762. The van der Waals surface area contributed by atoms with Crippen LogP contribution >= 0.6 is 0 Å². The van der Waals surface area contributed by atoms with Gasteiger partial charge in [0, 0.05) is 5.56 Å². The van der Waals surface area contributed by atoms with Crippen LogP contribution < -0.4 is 4.74 Å². The molecule has 0 N–H and O–H groups in total. The Kier molecular flexibility index (Phi) is 5.38. The molecule has 2 aromatic rings. The van der Waals surface area contributed by atoms with Gasteiger partial charge in [0.25, 0.3) is 0 Å². The fourth-order valence-electron chi connectivity index (χ4n) is 1.99. The lowest BCUT2D eigenvalue weighted by molar-refractivity contribution is -0.144. The molecule has 128 valence electrons. The largest absolute Gasteiger partial charge is 0.496 e. The van der Waals surface area contributed by atoms with Crippen LogP contribution in [0.4, 0.5) is 22.0 Å². The van der Waals surface area contributed by atoms with Crippen LogP contribution in [0.1, 0.15) is 11.1 Å². The summed E-state index contributed by atoms with van der Waals surface area (Å²) in [5.74, 6) is -11.0. The Labute approximate surface area is 133 Å². The maximum absolute atomic E-state index is 13.5. The summed E-state index contributed by atoms with van der Waals surface area (Å²) in [5, 5.41) is 0. The Morgan fingerprint density at radius 1 is 0.917 bits per heavy atom. The Balaban J connectivity index is 2.13. The highest BCUT2D eigenvalue weighted by Gasteiger charge is 2.26. The van der Waals surface area contributed by atoms with E-state index in [0.717, 1.165) is 0 Å². The van der Waals surface area contributed by atoms with E-state index in [1.165, 1.54) is 7.11 Å². The normalized spacial score (nSPS) is 10.6. The molecule has 0 heterocycles. The third-order valence-corrected chi connectivity index (χ3v) is 3.21. The summed E-state index contributed by atoms with van der Waals surface area (Å²) in [6.07, 6.45) is -0.292. The molecule has 0 radical (unpaired) electrons. The number of esters is 1. The van der Waals surface area contributed by atoms with Crippen LogP contribution in [0.3, 0.4) is 0 Å². The smallest absolute Gasteiger partial charge is 0.310 e. The lowest BCUT2D eigenvalue weighted by atomic mass is 10.1. The van der Waals surface area contributed by atoms with Gasteiger partial charge in [-0.1, -0.05) is 18.2 Å². The number of carbonyl (C=O) groups is 1. The van der Waals surface area contributed by atoms with Crippen molar-refractivity contribution in [3.63, 3.8) is 0 Å². The first kappa shape index (κ1) is 17.7. The SMILES string of the molecule is COc1ccccc1CC(=O)OCc1c(F)c(F)c(F)c(F)c1F. The number of hydrogen-bond donors (Lipinski definition) is 0. The first-order chi connectivity index (χ1) is 11.4. The summed E-state index contributed by atoms with van der Waals surface area (Å²) in [6, 6.07) is 6.46. The molecule has 3 nitrogen and oxygen atoms in total. The topological polar surface area (TPSA) is 35.5 Å². The van der Waals surface area contributed by atoms with E-state index < -0.39 is 47.2 Å². The number of benzene rings is 2. The third-order valence-electron chi connectivity index (χ3n) is 3.21. The summed E-state index contributed by atoms with van der Waals surface area (Å²) >= 11 is 0. The summed E-state index contributed by atoms with van der Waals surface area (Å²) in [6.45, 7) is -1.08. The predicted octanol–water partition coefficient (Wildman–Crippen LogP) is 3.68. The van der Waals surface area contributed by atoms with Crippen LogP contribution in [-0.2, 0) is 22.6 Å². The predicted molar refractivity (Wildman–Crippen MR) is 72.7 cm³/mol. The van der Waals surface area contributed by atoms with Crippen molar-refractivity contribution >= 4 is 5.97 Å². The molecule has 0 aliphatic carbocycles. The van der Waals surface area contributed by atoms with Crippen LogP contribution in [0, 0.1) is 29.1 Å². The molecule has 0 unspecified atom stereocenters. The van der Waals surface area contributed by atoms with Crippen LogP contribution in [-0.4, -0.2) is 13.1 Å². The van der Waals surface area contributed by atoms with E-state index in [0.29, 0.717) is 11.3 Å². The monoisotopic (exact) mass is 346 g/mol. The van der Waals surface area contributed by atoms with Crippen molar-refractivity contribution in [2.24, 2.45) is 0 Å². The Bertz CT molecular complexity index is 748.